The molecule has 1 amide bonds. The van der Waals surface area contributed by atoms with Gasteiger partial charge in [0.1, 0.15) is 0 Å². The summed E-state index contributed by atoms with van der Waals surface area (Å²) < 4.78 is 4.86. The van der Waals surface area contributed by atoms with Crippen LogP contribution in [-0.4, -0.2) is 29.6 Å². The monoisotopic (exact) mass is 292 g/mol. The molecule has 2 rings (SSSR count). The Morgan fingerprint density at radius 3 is 2.55 bits per heavy atom. The molecule has 1 aromatic rings. The van der Waals surface area contributed by atoms with E-state index in [-0.39, 0.29) is 11.7 Å². The molecular formula is C14H16N2O3S. The van der Waals surface area contributed by atoms with Gasteiger partial charge >= 0.3 is 5.97 Å². The Bertz CT molecular complexity index is 542. The van der Waals surface area contributed by atoms with Crippen LogP contribution in [0.1, 0.15) is 19.4 Å². The fourth-order valence-electron chi connectivity index (χ4n) is 1.99. The Kier molecular flexibility index (Phi) is 4.34. The smallest absolute Gasteiger partial charge is 0.338 e. The summed E-state index contributed by atoms with van der Waals surface area (Å²) in [5.41, 5.74) is 1.82. The molecule has 20 heavy (non-hydrogen) atoms. The van der Waals surface area contributed by atoms with Gasteiger partial charge in [-0.1, -0.05) is 19.1 Å². The second kappa shape index (κ2) is 6.00. The van der Waals surface area contributed by atoms with Crippen LogP contribution in [-0.2, 0) is 20.7 Å². The number of thiocarbonyl (C=S) groups is 1. The highest BCUT2D eigenvalue weighted by molar-refractivity contribution is 7.80. The van der Waals surface area contributed by atoms with Crippen molar-refractivity contribution in [3.8, 4) is 0 Å². The number of ether oxygens (including phenoxy) is 1. The molecule has 0 bridgehead atoms. The van der Waals surface area contributed by atoms with Crippen LogP contribution >= 0.6 is 12.2 Å². The maximum Gasteiger partial charge on any atom is 0.338 e. The number of aryl methyl sites for hydroxylation is 1. The second-order valence-electron chi connectivity index (χ2n) is 4.33. The van der Waals surface area contributed by atoms with Gasteiger partial charge in [-0.25, -0.2) is 4.79 Å². The maximum atomic E-state index is 12.3. The number of rotatable bonds is 4. The van der Waals surface area contributed by atoms with Gasteiger partial charge in [-0.3, -0.25) is 9.69 Å². The standard InChI is InChI=1S/C14H16N2O3S/c1-3-9-5-7-10(8-6-9)16-12(17)11(15-14(16)20)13(18)19-4-2/h5-8,11H,3-4H2,1-2H3,(H,15,20). The molecule has 1 N–H and O–H groups in total. The molecule has 106 valence electrons. The summed E-state index contributed by atoms with van der Waals surface area (Å²) in [6.07, 6.45) is 0.919. The molecule has 6 heteroatoms. The van der Waals surface area contributed by atoms with Gasteiger partial charge in [0, 0.05) is 0 Å². The number of hydrogen-bond acceptors (Lipinski definition) is 4. The lowest BCUT2D eigenvalue weighted by Crippen LogP contribution is -2.39. The Morgan fingerprint density at radius 2 is 2.00 bits per heavy atom. The first-order valence-electron chi connectivity index (χ1n) is 6.48. The molecule has 5 nitrogen and oxygen atoms in total. The van der Waals surface area contributed by atoms with Crippen molar-refractivity contribution in [2.75, 3.05) is 11.5 Å². The van der Waals surface area contributed by atoms with Gasteiger partial charge < -0.3 is 10.1 Å². The van der Waals surface area contributed by atoms with Crippen molar-refractivity contribution < 1.29 is 14.3 Å². The zero-order chi connectivity index (χ0) is 14.7. The minimum absolute atomic E-state index is 0.220. The first-order valence-corrected chi connectivity index (χ1v) is 6.89. The van der Waals surface area contributed by atoms with E-state index in [0.717, 1.165) is 6.42 Å². The molecule has 1 heterocycles. The molecule has 0 aliphatic carbocycles. The number of hydrogen-bond donors (Lipinski definition) is 1. The van der Waals surface area contributed by atoms with E-state index in [4.69, 9.17) is 17.0 Å². The topological polar surface area (TPSA) is 58.6 Å². The first-order chi connectivity index (χ1) is 9.58. The van der Waals surface area contributed by atoms with E-state index in [9.17, 15) is 9.59 Å². The number of esters is 1. The quantitative estimate of drug-likeness (QED) is 0.516. The summed E-state index contributed by atoms with van der Waals surface area (Å²) in [5, 5.41) is 2.92. The summed E-state index contributed by atoms with van der Waals surface area (Å²) in [6.45, 7) is 3.97. The summed E-state index contributed by atoms with van der Waals surface area (Å²) >= 11 is 5.13. The largest absolute Gasteiger partial charge is 0.464 e. The maximum absolute atomic E-state index is 12.3. The van der Waals surface area contributed by atoms with Crippen LogP contribution in [0.3, 0.4) is 0 Å². The molecule has 0 spiro atoms. The third-order valence-corrected chi connectivity index (χ3v) is 3.36. The van der Waals surface area contributed by atoms with E-state index >= 15 is 0 Å². The summed E-state index contributed by atoms with van der Waals surface area (Å²) in [6, 6.07) is 6.45. The van der Waals surface area contributed by atoms with Crippen molar-refractivity contribution in [1.29, 1.82) is 0 Å². The second-order valence-corrected chi connectivity index (χ2v) is 4.71. The van der Waals surface area contributed by atoms with Crippen molar-refractivity contribution in [2.24, 2.45) is 0 Å². The fourth-order valence-corrected chi connectivity index (χ4v) is 2.30. The number of carbonyl (C=O) groups excluding carboxylic acids is 2. The summed E-state index contributed by atoms with van der Waals surface area (Å²) in [7, 11) is 0. The minimum atomic E-state index is -1.05. The zero-order valence-corrected chi connectivity index (χ0v) is 12.2. The molecule has 1 aliphatic rings. The fraction of sp³-hybridized carbons (Fsp3) is 0.357. The third kappa shape index (κ3) is 2.65. The highest BCUT2D eigenvalue weighted by Crippen LogP contribution is 2.21. The molecule has 1 saturated heterocycles. The van der Waals surface area contributed by atoms with Gasteiger partial charge in [-0.05, 0) is 43.3 Å². The van der Waals surface area contributed by atoms with Crippen LogP contribution in [0.15, 0.2) is 24.3 Å². The van der Waals surface area contributed by atoms with Gasteiger partial charge in [0.15, 0.2) is 5.11 Å². The van der Waals surface area contributed by atoms with E-state index in [0.29, 0.717) is 5.69 Å². The van der Waals surface area contributed by atoms with E-state index in [1.165, 1.54) is 10.5 Å². The highest BCUT2D eigenvalue weighted by Gasteiger charge is 2.41. The van der Waals surface area contributed by atoms with Gasteiger partial charge in [0.25, 0.3) is 5.91 Å². The van der Waals surface area contributed by atoms with Crippen LogP contribution < -0.4 is 10.2 Å². The zero-order valence-electron chi connectivity index (χ0n) is 11.4. The van der Waals surface area contributed by atoms with Crippen molar-refractivity contribution in [2.45, 2.75) is 26.3 Å². The lowest BCUT2D eigenvalue weighted by Gasteiger charge is -2.15. The van der Waals surface area contributed by atoms with Gasteiger partial charge in [-0.15, -0.1) is 0 Å². The first kappa shape index (κ1) is 14.5. The number of carbonyl (C=O) groups is 2. The van der Waals surface area contributed by atoms with E-state index in [1.54, 1.807) is 6.92 Å². The van der Waals surface area contributed by atoms with Crippen molar-refractivity contribution in [3.05, 3.63) is 29.8 Å². The lowest BCUT2D eigenvalue weighted by atomic mass is 10.1. The van der Waals surface area contributed by atoms with Crippen molar-refractivity contribution >= 4 is 34.9 Å². The van der Waals surface area contributed by atoms with Crippen LogP contribution in [0.25, 0.3) is 0 Å². The molecule has 0 saturated carbocycles. The van der Waals surface area contributed by atoms with E-state index in [1.807, 2.05) is 24.3 Å². The average Bonchev–Trinajstić information content (AvgIpc) is 2.75. The normalized spacial score (nSPS) is 18.1. The molecule has 1 aromatic carbocycles. The molecule has 1 atom stereocenters. The molecule has 0 aromatic heterocycles. The Balaban J connectivity index is 2.21. The number of amides is 1. The Labute approximate surface area is 122 Å². The number of nitrogens with one attached hydrogen (secondary N) is 1. The van der Waals surface area contributed by atoms with Crippen LogP contribution in [0.2, 0.25) is 0 Å². The van der Waals surface area contributed by atoms with Crippen LogP contribution in [0, 0.1) is 0 Å². The van der Waals surface area contributed by atoms with Crippen molar-refractivity contribution in [3.63, 3.8) is 0 Å². The molecule has 1 aliphatic heterocycles. The van der Waals surface area contributed by atoms with Crippen LogP contribution in [0.4, 0.5) is 5.69 Å². The van der Waals surface area contributed by atoms with Gasteiger partial charge in [0.2, 0.25) is 6.04 Å². The highest BCUT2D eigenvalue weighted by atomic mass is 32.1. The van der Waals surface area contributed by atoms with E-state index < -0.39 is 17.9 Å². The van der Waals surface area contributed by atoms with E-state index in [2.05, 4.69) is 12.2 Å². The van der Waals surface area contributed by atoms with Gasteiger partial charge in [-0.2, -0.15) is 0 Å². The SMILES string of the molecule is CCOC(=O)C1NC(=S)N(c2ccc(CC)cc2)C1=O. The lowest BCUT2D eigenvalue weighted by molar-refractivity contribution is -0.147. The third-order valence-electron chi connectivity index (χ3n) is 3.06. The summed E-state index contributed by atoms with van der Waals surface area (Å²) in [5.74, 6) is -1.01. The molecule has 1 fully saturated rings. The number of benzene rings is 1. The molecular weight excluding hydrogens is 276 g/mol. The average molecular weight is 292 g/mol. The Morgan fingerprint density at radius 1 is 1.35 bits per heavy atom. The molecule has 1 unspecified atom stereocenters. The predicted octanol–water partition coefficient (Wildman–Crippen LogP) is 1.40. The predicted molar refractivity (Wildman–Crippen MR) is 79.5 cm³/mol. The minimum Gasteiger partial charge on any atom is -0.464 e. The Hall–Kier alpha value is -1.95. The number of nitrogens with zero attached hydrogens (tertiary/aromatic N) is 1. The van der Waals surface area contributed by atoms with Gasteiger partial charge in [0.05, 0.1) is 12.3 Å². The number of anilines is 1. The van der Waals surface area contributed by atoms with Crippen LogP contribution in [0.5, 0.6) is 0 Å². The molecule has 0 radical (unpaired) electrons. The summed E-state index contributed by atoms with van der Waals surface area (Å²) in [4.78, 5) is 25.3. The van der Waals surface area contributed by atoms with Crippen molar-refractivity contribution in [1.82, 2.24) is 5.32 Å².